The summed E-state index contributed by atoms with van der Waals surface area (Å²) in [7, 11) is 2.17. The number of aliphatic hydroxyl groups excluding tert-OH is 1. The Balaban J connectivity index is 2.14. The molecule has 1 unspecified atom stereocenters. The van der Waals surface area contributed by atoms with Crippen molar-refractivity contribution in [3.63, 3.8) is 0 Å². The molecule has 1 N–H and O–H groups in total. The third kappa shape index (κ3) is 2.62. The van der Waals surface area contributed by atoms with E-state index in [-0.39, 0.29) is 6.61 Å². The number of anilines is 1. The fraction of sp³-hybridized carbons (Fsp3) is 0.692. The lowest BCUT2D eigenvalue weighted by molar-refractivity contribution is 0.212. The van der Waals surface area contributed by atoms with Crippen LogP contribution in [0.4, 0.5) is 5.95 Å². The average Bonchev–Trinajstić information content (AvgIpc) is 2.39. The van der Waals surface area contributed by atoms with Crippen molar-refractivity contribution in [2.75, 3.05) is 31.6 Å². The second kappa shape index (κ2) is 5.63. The van der Waals surface area contributed by atoms with Crippen LogP contribution >= 0.6 is 0 Å². The molecule has 1 aliphatic heterocycles. The van der Waals surface area contributed by atoms with Gasteiger partial charge in [-0.15, -0.1) is 0 Å². The summed E-state index contributed by atoms with van der Waals surface area (Å²) in [6, 6.07) is 0.570. The molecule has 0 saturated carbocycles. The van der Waals surface area contributed by atoms with Gasteiger partial charge in [0.1, 0.15) is 0 Å². The van der Waals surface area contributed by atoms with Crippen LogP contribution < -0.4 is 4.90 Å². The Morgan fingerprint density at radius 1 is 1.44 bits per heavy atom. The van der Waals surface area contributed by atoms with Gasteiger partial charge in [-0.25, -0.2) is 9.97 Å². The number of hydrogen-bond donors (Lipinski definition) is 1. The maximum absolute atomic E-state index is 9.13. The molecular weight excluding hydrogens is 228 g/mol. The quantitative estimate of drug-likeness (QED) is 0.860. The summed E-state index contributed by atoms with van der Waals surface area (Å²) in [5, 5.41) is 9.13. The minimum atomic E-state index is 0.00639. The van der Waals surface area contributed by atoms with Crippen molar-refractivity contribution in [1.82, 2.24) is 14.9 Å². The molecule has 0 amide bonds. The van der Waals surface area contributed by atoms with Crippen molar-refractivity contribution >= 4 is 5.95 Å². The zero-order valence-electron chi connectivity index (χ0n) is 11.4. The molecule has 0 aromatic carbocycles. The van der Waals surface area contributed by atoms with Gasteiger partial charge in [0.25, 0.3) is 0 Å². The lowest BCUT2D eigenvalue weighted by atomic mass is 10.1. The van der Waals surface area contributed by atoms with Crippen LogP contribution in [-0.2, 0) is 6.61 Å². The third-order valence-electron chi connectivity index (χ3n) is 3.77. The van der Waals surface area contributed by atoms with Crippen LogP contribution in [-0.4, -0.2) is 52.7 Å². The number of nitrogens with zero attached hydrogens (tertiary/aromatic N) is 4. The minimum Gasteiger partial charge on any atom is -0.392 e. The number of aromatic nitrogens is 2. The first-order chi connectivity index (χ1) is 8.65. The molecule has 1 aromatic rings. The number of aryl methyl sites for hydroxylation is 1. The minimum absolute atomic E-state index is 0.00639. The zero-order valence-corrected chi connectivity index (χ0v) is 11.4. The number of likely N-dealkylation sites (N-methyl/N-ethyl adjacent to an activating group) is 1. The number of hydrogen-bond acceptors (Lipinski definition) is 5. The van der Waals surface area contributed by atoms with E-state index in [1.54, 1.807) is 6.20 Å². The first-order valence-electron chi connectivity index (χ1n) is 6.54. The molecule has 0 radical (unpaired) electrons. The first kappa shape index (κ1) is 13.2. The van der Waals surface area contributed by atoms with Gasteiger partial charge in [0.2, 0.25) is 5.95 Å². The lowest BCUT2D eigenvalue weighted by Gasteiger charge is -2.39. The van der Waals surface area contributed by atoms with Gasteiger partial charge in [0, 0.05) is 43.1 Å². The van der Waals surface area contributed by atoms with Gasteiger partial charge in [0.05, 0.1) is 6.61 Å². The van der Waals surface area contributed by atoms with Crippen molar-refractivity contribution in [2.24, 2.45) is 0 Å². The third-order valence-corrected chi connectivity index (χ3v) is 3.77. The molecule has 5 heteroatoms. The summed E-state index contributed by atoms with van der Waals surface area (Å²) < 4.78 is 0. The van der Waals surface area contributed by atoms with Crippen molar-refractivity contribution in [1.29, 1.82) is 0 Å². The van der Waals surface area contributed by atoms with Crippen LogP contribution in [0.3, 0.4) is 0 Å². The zero-order chi connectivity index (χ0) is 13.1. The van der Waals surface area contributed by atoms with Crippen LogP contribution in [0.15, 0.2) is 6.20 Å². The topological polar surface area (TPSA) is 52.5 Å². The van der Waals surface area contributed by atoms with Gasteiger partial charge >= 0.3 is 0 Å². The van der Waals surface area contributed by atoms with Gasteiger partial charge in [-0.05, 0) is 20.4 Å². The Morgan fingerprint density at radius 3 is 2.83 bits per heavy atom. The first-order valence-corrected chi connectivity index (χ1v) is 6.54. The fourth-order valence-corrected chi connectivity index (χ4v) is 2.36. The van der Waals surface area contributed by atoms with E-state index in [0.29, 0.717) is 6.04 Å². The Morgan fingerprint density at radius 2 is 2.22 bits per heavy atom. The van der Waals surface area contributed by atoms with Crippen molar-refractivity contribution < 1.29 is 5.11 Å². The SMILES string of the molecule is CCC1CN(c2ncc(CO)c(C)n2)CCN1C. The molecule has 18 heavy (non-hydrogen) atoms. The standard InChI is InChI=1S/C13H22N4O/c1-4-12-8-17(6-5-16(12)3)13-14-7-11(9-18)10(2)15-13/h7,12,18H,4-6,8-9H2,1-3H3. The van der Waals surface area contributed by atoms with Crippen molar-refractivity contribution in [3.05, 3.63) is 17.5 Å². The molecule has 2 heterocycles. The number of aliphatic hydroxyl groups is 1. The normalized spacial score (nSPS) is 21.3. The van der Waals surface area contributed by atoms with Crippen LogP contribution in [0.1, 0.15) is 24.6 Å². The molecule has 0 bridgehead atoms. The highest BCUT2D eigenvalue weighted by molar-refractivity contribution is 5.34. The van der Waals surface area contributed by atoms with Gasteiger partial charge < -0.3 is 10.0 Å². The predicted molar refractivity (Wildman–Crippen MR) is 71.6 cm³/mol. The predicted octanol–water partition coefficient (Wildman–Crippen LogP) is 0.808. The van der Waals surface area contributed by atoms with E-state index in [4.69, 9.17) is 5.11 Å². The maximum Gasteiger partial charge on any atom is 0.225 e. The molecule has 1 atom stereocenters. The van der Waals surface area contributed by atoms with Gasteiger partial charge in [0.15, 0.2) is 0 Å². The molecule has 1 aromatic heterocycles. The summed E-state index contributed by atoms with van der Waals surface area (Å²) in [4.78, 5) is 13.5. The Hall–Kier alpha value is -1.20. The van der Waals surface area contributed by atoms with Crippen LogP contribution in [0.25, 0.3) is 0 Å². The molecule has 2 rings (SSSR count). The largest absolute Gasteiger partial charge is 0.392 e. The maximum atomic E-state index is 9.13. The van der Waals surface area contributed by atoms with Crippen LogP contribution in [0.2, 0.25) is 0 Å². The second-order valence-corrected chi connectivity index (χ2v) is 4.93. The van der Waals surface area contributed by atoms with E-state index < -0.39 is 0 Å². The summed E-state index contributed by atoms with van der Waals surface area (Å²) in [6.45, 7) is 7.13. The summed E-state index contributed by atoms with van der Waals surface area (Å²) >= 11 is 0. The summed E-state index contributed by atoms with van der Waals surface area (Å²) in [6.07, 6.45) is 2.87. The van der Waals surface area contributed by atoms with Gasteiger partial charge in [-0.2, -0.15) is 0 Å². The smallest absolute Gasteiger partial charge is 0.225 e. The Bertz CT molecular complexity index is 410. The molecule has 0 spiro atoms. The Kier molecular flexibility index (Phi) is 4.14. The van der Waals surface area contributed by atoms with E-state index in [1.807, 2.05) is 6.92 Å². The van der Waals surface area contributed by atoms with Crippen molar-refractivity contribution in [3.8, 4) is 0 Å². The highest BCUT2D eigenvalue weighted by atomic mass is 16.3. The van der Waals surface area contributed by atoms with Crippen molar-refractivity contribution in [2.45, 2.75) is 32.9 Å². The van der Waals surface area contributed by atoms with E-state index in [2.05, 4.69) is 33.7 Å². The monoisotopic (exact) mass is 250 g/mol. The molecule has 0 aliphatic carbocycles. The fourth-order valence-electron chi connectivity index (χ4n) is 2.36. The van der Waals surface area contributed by atoms with Gasteiger partial charge in [-0.3, -0.25) is 4.90 Å². The van der Waals surface area contributed by atoms with E-state index in [9.17, 15) is 0 Å². The lowest BCUT2D eigenvalue weighted by Crippen LogP contribution is -2.51. The highest BCUT2D eigenvalue weighted by Crippen LogP contribution is 2.17. The molecule has 100 valence electrons. The highest BCUT2D eigenvalue weighted by Gasteiger charge is 2.24. The van der Waals surface area contributed by atoms with E-state index >= 15 is 0 Å². The summed E-state index contributed by atoms with van der Waals surface area (Å²) in [5.74, 6) is 0.788. The number of rotatable bonds is 3. The second-order valence-electron chi connectivity index (χ2n) is 4.93. The molecular formula is C13H22N4O. The number of piperazine rings is 1. The van der Waals surface area contributed by atoms with E-state index in [0.717, 1.165) is 43.3 Å². The van der Waals surface area contributed by atoms with Crippen LogP contribution in [0.5, 0.6) is 0 Å². The molecule has 1 aliphatic rings. The van der Waals surface area contributed by atoms with Crippen LogP contribution in [0, 0.1) is 6.92 Å². The van der Waals surface area contributed by atoms with Gasteiger partial charge in [-0.1, -0.05) is 6.92 Å². The summed E-state index contributed by atoms with van der Waals surface area (Å²) in [5.41, 5.74) is 1.68. The average molecular weight is 250 g/mol. The molecule has 1 fully saturated rings. The molecule has 1 saturated heterocycles. The molecule has 5 nitrogen and oxygen atoms in total. The Labute approximate surface area is 108 Å². The van der Waals surface area contributed by atoms with E-state index in [1.165, 1.54) is 0 Å².